The maximum absolute atomic E-state index is 15.1. The van der Waals surface area contributed by atoms with Crippen molar-refractivity contribution in [3.63, 3.8) is 0 Å². The molecule has 3 fully saturated rings. The Bertz CT molecular complexity index is 4240. The van der Waals surface area contributed by atoms with Gasteiger partial charge in [0.05, 0.1) is 29.4 Å². The van der Waals surface area contributed by atoms with Crippen LogP contribution in [0.15, 0.2) is 137 Å². The Labute approximate surface area is 469 Å². The summed E-state index contributed by atoms with van der Waals surface area (Å²) in [6.45, 7) is 6.13. The zero-order valence-electron chi connectivity index (χ0n) is 44.8. The monoisotopic (exact) mass is 1220 g/mol. The highest BCUT2D eigenvalue weighted by Gasteiger charge is 2.36. The van der Waals surface area contributed by atoms with Gasteiger partial charge in [-0.05, 0) is 92.0 Å². The van der Waals surface area contributed by atoms with E-state index in [0.29, 0.717) is 24.6 Å². The molecule has 0 unspecified atom stereocenters. The van der Waals surface area contributed by atoms with Crippen molar-refractivity contribution in [2.24, 2.45) is 0 Å². The summed E-state index contributed by atoms with van der Waals surface area (Å²) in [7, 11) is -15.0. The van der Waals surface area contributed by atoms with Crippen molar-refractivity contribution < 1.29 is 64.8 Å². The highest BCUT2D eigenvalue weighted by molar-refractivity contribution is 7.93. The molecule has 4 aromatic heterocycles. The van der Waals surface area contributed by atoms with Gasteiger partial charge in [-0.3, -0.25) is 18.6 Å². The lowest BCUT2D eigenvalue weighted by Gasteiger charge is -2.38. The number of aromatic nitrogens is 4. The van der Waals surface area contributed by atoms with E-state index in [4.69, 9.17) is 13.6 Å². The highest BCUT2D eigenvalue weighted by Crippen LogP contribution is 2.41. The molecule has 0 amide bonds. The van der Waals surface area contributed by atoms with Gasteiger partial charge in [0.1, 0.15) is 42.9 Å². The Balaban J connectivity index is 0.000000184. The van der Waals surface area contributed by atoms with Gasteiger partial charge in [0.25, 0.3) is 20.0 Å². The quantitative estimate of drug-likeness (QED) is 0.0810. The summed E-state index contributed by atoms with van der Waals surface area (Å²) in [5, 5.41) is 0. The number of rotatable bonds is 13. The van der Waals surface area contributed by atoms with Gasteiger partial charge in [-0.1, -0.05) is 67.1 Å². The van der Waals surface area contributed by atoms with Crippen molar-refractivity contribution in [2.45, 2.75) is 79.7 Å². The van der Waals surface area contributed by atoms with Crippen LogP contribution in [0.25, 0.3) is 22.2 Å². The van der Waals surface area contributed by atoms with Gasteiger partial charge in [-0.25, -0.2) is 66.3 Å². The first-order chi connectivity index (χ1) is 38.6. The van der Waals surface area contributed by atoms with Gasteiger partial charge < -0.3 is 13.6 Å². The minimum absolute atomic E-state index is 0.0315. The van der Waals surface area contributed by atoms with E-state index < -0.39 is 96.8 Å². The SMILES string of the molecule is C1CCOC1.CS(C)(=O)=O.C[C@H](c1ccccc1C1CCC1)n1c(=O)oc2cc(S(=O)(=O)Nc3cccc(F)n3)c(F)cc21.C[C@H](c1ccccc1C1CN(S(C)(=O)=O)C1)n1c(=O)oc2cc(S(=O)(=O)Nc3cccc(F)n3)c(F)cc21. The molecule has 6 heterocycles. The largest absolute Gasteiger partial charge is 0.420 e. The molecule has 28 heteroatoms. The van der Waals surface area contributed by atoms with E-state index in [0.717, 1.165) is 104 Å². The fourth-order valence-electron chi connectivity index (χ4n) is 9.47. The van der Waals surface area contributed by atoms with E-state index in [1.165, 1.54) is 50.5 Å². The fourth-order valence-corrected chi connectivity index (χ4v) is 12.5. The zero-order valence-corrected chi connectivity index (χ0v) is 48.0. The summed E-state index contributed by atoms with van der Waals surface area (Å²) >= 11 is 0. The fraction of sp³-hybridized carbons (Fsp3) is 0.333. The lowest BCUT2D eigenvalue weighted by atomic mass is 9.77. The predicted molar refractivity (Wildman–Crippen MR) is 298 cm³/mol. The number of benzene rings is 4. The van der Waals surface area contributed by atoms with Crippen molar-refractivity contribution in [1.82, 2.24) is 23.4 Å². The first kappa shape index (κ1) is 60.8. The number of ether oxygens (including phenoxy) is 1. The topological polar surface area (TPSA) is 269 Å². The summed E-state index contributed by atoms with van der Waals surface area (Å²) < 4.78 is 174. The third-order valence-corrected chi connectivity index (χ3v) is 17.6. The van der Waals surface area contributed by atoms with Crippen LogP contribution in [0.5, 0.6) is 0 Å². The van der Waals surface area contributed by atoms with Crippen LogP contribution in [0, 0.1) is 23.5 Å². The second-order valence-electron chi connectivity index (χ2n) is 19.9. The number of hydrogen-bond donors (Lipinski definition) is 2. The summed E-state index contributed by atoms with van der Waals surface area (Å²) in [5.74, 6) is -5.93. The third kappa shape index (κ3) is 14.3. The van der Waals surface area contributed by atoms with Gasteiger partial charge in [-0.15, -0.1) is 0 Å². The van der Waals surface area contributed by atoms with E-state index in [9.17, 15) is 52.0 Å². The molecule has 1 saturated carbocycles. The van der Waals surface area contributed by atoms with Crippen LogP contribution in [-0.2, 0) is 44.6 Å². The van der Waals surface area contributed by atoms with Crippen molar-refractivity contribution >= 4 is 73.7 Å². The first-order valence-corrected chi connectivity index (χ1v) is 32.6. The Morgan fingerprint density at radius 2 is 0.951 bits per heavy atom. The van der Waals surface area contributed by atoms with E-state index in [-0.39, 0.29) is 39.8 Å². The van der Waals surface area contributed by atoms with Gasteiger partial charge in [-0.2, -0.15) is 8.78 Å². The van der Waals surface area contributed by atoms with E-state index in [1.807, 2.05) is 52.8 Å². The Hall–Kier alpha value is -7.24. The number of nitrogens with one attached hydrogen (secondary N) is 2. The number of hydrogen-bond acceptors (Lipinski definition) is 15. The van der Waals surface area contributed by atoms with Crippen molar-refractivity contribution in [2.75, 3.05) is 54.5 Å². The summed E-state index contributed by atoms with van der Waals surface area (Å²) in [4.78, 5) is 30.9. The maximum atomic E-state index is 15.1. The first-order valence-electron chi connectivity index (χ1n) is 25.4. The van der Waals surface area contributed by atoms with Crippen LogP contribution in [0.3, 0.4) is 0 Å². The molecular weight excluding hydrogens is 1160 g/mol. The Kier molecular flexibility index (Phi) is 18.3. The summed E-state index contributed by atoms with van der Waals surface area (Å²) in [6.07, 6.45) is 9.33. The normalized spacial score (nSPS) is 15.9. The number of fused-ring (bicyclic) bond motifs is 2. The van der Waals surface area contributed by atoms with Crippen LogP contribution in [-0.4, -0.2) is 102 Å². The third-order valence-electron chi connectivity index (χ3n) is 13.6. The zero-order chi connectivity index (χ0) is 59.5. The Morgan fingerprint density at radius 1 is 0.549 bits per heavy atom. The number of sulfonamides is 3. The van der Waals surface area contributed by atoms with Gasteiger partial charge in [0.2, 0.25) is 21.9 Å². The molecular formula is C54H57F4N7O13S4. The molecule has 2 N–H and O–H groups in total. The number of pyridine rings is 2. The number of sulfone groups is 1. The van der Waals surface area contributed by atoms with Crippen LogP contribution in [0.2, 0.25) is 0 Å². The van der Waals surface area contributed by atoms with Gasteiger partial charge in [0, 0.05) is 69.0 Å². The second-order valence-corrected chi connectivity index (χ2v) is 27.4. The van der Waals surface area contributed by atoms with Crippen molar-refractivity contribution in [3.8, 4) is 0 Å². The summed E-state index contributed by atoms with van der Waals surface area (Å²) in [5.41, 5.74) is 3.57. The van der Waals surface area contributed by atoms with Crippen LogP contribution < -0.4 is 21.0 Å². The van der Waals surface area contributed by atoms with Gasteiger partial charge >= 0.3 is 11.5 Å². The van der Waals surface area contributed by atoms with E-state index >= 15 is 8.78 Å². The molecule has 0 spiro atoms. The van der Waals surface area contributed by atoms with Crippen LogP contribution in [0.4, 0.5) is 29.2 Å². The lowest BCUT2D eigenvalue weighted by Crippen LogP contribution is -2.48. The Morgan fingerprint density at radius 3 is 1.30 bits per heavy atom. The van der Waals surface area contributed by atoms with Crippen molar-refractivity contribution in [1.29, 1.82) is 0 Å². The predicted octanol–water partition coefficient (Wildman–Crippen LogP) is 8.44. The van der Waals surface area contributed by atoms with Gasteiger partial charge in [0.15, 0.2) is 11.2 Å². The minimum atomic E-state index is -4.54. The molecule has 0 bridgehead atoms. The molecule has 2 aliphatic heterocycles. The number of oxazole rings is 2. The number of nitrogens with zero attached hydrogens (tertiary/aromatic N) is 5. The maximum Gasteiger partial charge on any atom is 0.420 e. The molecule has 438 valence electrons. The number of anilines is 2. The summed E-state index contributed by atoms with van der Waals surface area (Å²) in [6, 6.07) is 24.6. The molecule has 8 aromatic rings. The lowest BCUT2D eigenvalue weighted by molar-refractivity contribution is 0.198. The van der Waals surface area contributed by atoms with Crippen LogP contribution in [0.1, 0.15) is 92.1 Å². The second kappa shape index (κ2) is 24.7. The van der Waals surface area contributed by atoms with Crippen molar-refractivity contribution in [3.05, 3.63) is 176 Å². The average molecular weight is 1220 g/mol. The molecule has 0 radical (unpaired) electrons. The molecule has 11 rings (SSSR count). The molecule has 2 atom stereocenters. The molecule has 20 nitrogen and oxygen atoms in total. The van der Waals surface area contributed by atoms with E-state index in [2.05, 4.69) is 9.97 Å². The smallest absolute Gasteiger partial charge is 0.408 e. The standard InChI is InChI=1S/C24H22F2N4O6S2.C24H21F2N3O4S.C4H8O.C2H6O2S/c1-14(16-6-3-4-7-17(16)15-12-29(13-15)37(2,32)33)30-19-10-18(25)21(11-20(19)36-24(30)31)38(34,35)28-23-9-5-8-22(26)27-23;1-14(16-8-2-3-9-17(16)15-6-4-7-15)29-19-12-18(25)21(13-20(19)33-24(29)30)34(31,32)28-23-11-5-10-22(26)27-23;1-2-4-5-3-1;1-5(2,3)4/h3-11,14-15H,12-13H2,1-2H3,(H,27,28);2-3,5,8-15H,4,6-7H2,1H3,(H,27,28);1-4H2;1-2H3/t2*14-;;/m11../s1. The number of halogens is 4. The molecule has 4 aromatic carbocycles. The molecule has 82 heavy (non-hydrogen) atoms. The average Bonchev–Trinajstić information content (AvgIpc) is 4.17. The van der Waals surface area contributed by atoms with E-state index in [1.54, 1.807) is 19.1 Å². The van der Waals surface area contributed by atoms with Crippen LogP contribution >= 0.6 is 0 Å². The highest BCUT2D eigenvalue weighted by atomic mass is 32.2. The molecule has 1 aliphatic carbocycles. The molecule has 2 saturated heterocycles. The minimum Gasteiger partial charge on any atom is -0.408 e. The molecule has 3 aliphatic rings.